The molecule has 0 aliphatic carbocycles. The molecule has 0 saturated carbocycles. The molecule has 0 amide bonds. The van der Waals surface area contributed by atoms with Gasteiger partial charge in [-0.2, -0.15) is 0 Å². The van der Waals surface area contributed by atoms with E-state index in [1.807, 2.05) is 0 Å². The van der Waals surface area contributed by atoms with Crippen LogP contribution >= 0.6 is 11.6 Å². The van der Waals surface area contributed by atoms with Crippen LogP contribution in [0.3, 0.4) is 0 Å². The summed E-state index contributed by atoms with van der Waals surface area (Å²) < 4.78 is 17.8. The number of aliphatic hydroxyl groups is 1. The zero-order valence-corrected chi connectivity index (χ0v) is 9.30. The van der Waals surface area contributed by atoms with E-state index < -0.39 is 11.9 Å². The first kappa shape index (κ1) is 12.4. The average Bonchev–Trinajstić information content (AvgIpc) is 2.16. The summed E-state index contributed by atoms with van der Waals surface area (Å²) in [6, 6.07) is 4.08. The molecule has 2 nitrogen and oxygen atoms in total. The molecule has 0 aliphatic rings. The van der Waals surface area contributed by atoms with Crippen LogP contribution in [0.1, 0.15) is 24.5 Å². The topological polar surface area (TPSA) is 29.5 Å². The molecule has 84 valence electrons. The summed E-state index contributed by atoms with van der Waals surface area (Å²) in [4.78, 5) is 0. The summed E-state index contributed by atoms with van der Waals surface area (Å²) in [6.07, 6.45) is 0.577. The lowest BCUT2D eigenvalue weighted by Gasteiger charge is -2.11. The molecule has 1 rings (SSSR count). The molecule has 1 aromatic carbocycles. The van der Waals surface area contributed by atoms with E-state index >= 15 is 0 Å². The van der Waals surface area contributed by atoms with Gasteiger partial charge in [0.2, 0.25) is 0 Å². The number of benzene rings is 1. The minimum absolute atomic E-state index is 0.302. The molecule has 1 atom stereocenters. The Morgan fingerprint density at radius 3 is 2.80 bits per heavy atom. The molecule has 1 aromatic rings. The summed E-state index contributed by atoms with van der Waals surface area (Å²) in [5.74, 6) is -0.428. The summed E-state index contributed by atoms with van der Waals surface area (Å²) in [5, 5.41) is 10.0. The molecular weight excluding hydrogens is 219 g/mol. The van der Waals surface area contributed by atoms with Crippen molar-refractivity contribution in [3.05, 3.63) is 34.6 Å². The second-order valence-electron chi connectivity index (χ2n) is 3.35. The minimum Gasteiger partial charge on any atom is -0.388 e. The predicted octanol–water partition coefficient (Wildman–Crippen LogP) is 2.94. The van der Waals surface area contributed by atoms with E-state index in [0.717, 1.165) is 6.42 Å². The summed E-state index contributed by atoms with van der Waals surface area (Å²) >= 11 is 5.68. The Bertz CT molecular complexity index is 297. The highest BCUT2D eigenvalue weighted by molar-refractivity contribution is 6.30. The van der Waals surface area contributed by atoms with Gasteiger partial charge in [-0.1, -0.05) is 11.6 Å². The van der Waals surface area contributed by atoms with Gasteiger partial charge in [0, 0.05) is 18.7 Å². The van der Waals surface area contributed by atoms with Crippen LogP contribution in [0, 0.1) is 5.82 Å². The standard InChI is InChI=1S/C11H14ClFO2/c1-15-4-2-3-11(14)8-5-9(12)7-10(13)6-8/h5-7,11,14H,2-4H2,1H3. The maximum absolute atomic E-state index is 13.0. The van der Waals surface area contributed by atoms with Gasteiger partial charge in [-0.3, -0.25) is 0 Å². The van der Waals surface area contributed by atoms with Gasteiger partial charge in [-0.25, -0.2) is 4.39 Å². The zero-order chi connectivity index (χ0) is 11.3. The summed E-state index contributed by atoms with van der Waals surface area (Å²) in [7, 11) is 1.60. The molecule has 0 fully saturated rings. The zero-order valence-electron chi connectivity index (χ0n) is 8.54. The largest absolute Gasteiger partial charge is 0.388 e. The third-order valence-corrected chi connectivity index (χ3v) is 2.31. The van der Waals surface area contributed by atoms with Crippen LogP contribution in [0.4, 0.5) is 4.39 Å². The van der Waals surface area contributed by atoms with Gasteiger partial charge in [0.15, 0.2) is 0 Å². The lowest BCUT2D eigenvalue weighted by Crippen LogP contribution is -2.00. The van der Waals surface area contributed by atoms with Crippen molar-refractivity contribution in [2.45, 2.75) is 18.9 Å². The second kappa shape index (κ2) is 6.05. The number of rotatable bonds is 5. The first-order valence-corrected chi connectivity index (χ1v) is 5.14. The fourth-order valence-electron chi connectivity index (χ4n) is 1.36. The highest BCUT2D eigenvalue weighted by Crippen LogP contribution is 2.22. The van der Waals surface area contributed by atoms with Crippen molar-refractivity contribution < 1.29 is 14.2 Å². The van der Waals surface area contributed by atoms with Crippen LogP contribution in [0.25, 0.3) is 0 Å². The Hall–Kier alpha value is -0.640. The quantitative estimate of drug-likeness (QED) is 0.791. The number of ether oxygens (including phenoxy) is 1. The minimum atomic E-state index is -0.687. The van der Waals surface area contributed by atoms with Crippen LogP contribution in [0.5, 0.6) is 0 Å². The van der Waals surface area contributed by atoms with Gasteiger partial charge >= 0.3 is 0 Å². The average molecular weight is 233 g/mol. The Kier molecular flexibility index (Phi) is 5.02. The molecule has 0 heterocycles. The Labute approximate surface area is 93.6 Å². The van der Waals surface area contributed by atoms with E-state index in [0.29, 0.717) is 23.6 Å². The fraction of sp³-hybridized carbons (Fsp3) is 0.455. The molecule has 0 bridgehead atoms. The van der Waals surface area contributed by atoms with Crippen LogP contribution in [0.15, 0.2) is 18.2 Å². The normalized spacial score (nSPS) is 12.8. The molecule has 0 aliphatic heterocycles. The highest BCUT2D eigenvalue weighted by Gasteiger charge is 2.09. The van der Waals surface area contributed by atoms with Crippen molar-refractivity contribution in [1.82, 2.24) is 0 Å². The number of hydrogen-bond acceptors (Lipinski definition) is 2. The van der Waals surface area contributed by atoms with Gasteiger partial charge in [-0.15, -0.1) is 0 Å². The number of methoxy groups -OCH3 is 1. The fourth-order valence-corrected chi connectivity index (χ4v) is 1.59. The number of aliphatic hydroxyl groups excluding tert-OH is 1. The van der Waals surface area contributed by atoms with Crippen LogP contribution in [0.2, 0.25) is 5.02 Å². The first-order chi connectivity index (χ1) is 7.13. The number of halogens is 2. The van der Waals surface area contributed by atoms with Crippen molar-refractivity contribution in [2.75, 3.05) is 13.7 Å². The van der Waals surface area contributed by atoms with Crippen molar-refractivity contribution in [3.8, 4) is 0 Å². The number of hydrogen-bond donors (Lipinski definition) is 1. The second-order valence-corrected chi connectivity index (χ2v) is 3.79. The van der Waals surface area contributed by atoms with Crippen molar-refractivity contribution in [3.63, 3.8) is 0 Å². The molecule has 0 radical (unpaired) electrons. The Morgan fingerprint density at radius 2 is 2.20 bits per heavy atom. The first-order valence-electron chi connectivity index (χ1n) is 4.76. The van der Waals surface area contributed by atoms with E-state index in [1.165, 1.54) is 12.1 Å². The predicted molar refractivity (Wildman–Crippen MR) is 57.5 cm³/mol. The van der Waals surface area contributed by atoms with E-state index in [9.17, 15) is 9.50 Å². The van der Waals surface area contributed by atoms with Crippen molar-refractivity contribution >= 4 is 11.6 Å². The molecule has 0 aromatic heterocycles. The van der Waals surface area contributed by atoms with Gasteiger partial charge in [0.25, 0.3) is 0 Å². The molecule has 4 heteroatoms. The molecule has 0 spiro atoms. The lowest BCUT2D eigenvalue weighted by molar-refractivity contribution is 0.136. The van der Waals surface area contributed by atoms with E-state index in [4.69, 9.17) is 16.3 Å². The molecule has 0 saturated heterocycles. The third kappa shape index (κ3) is 4.16. The van der Waals surface area contributed by atoms with Gasteiger partial charge in [-0.05, 0) is 36.6 Å². The van der Waals surface area contributed by atoms with Gasteiger partial charge in [0.1, 0.15) is 5.82 Å². The van der Waals surface area contributed by atoms with Crippen LogP contribution in [-0.2, 0) is 4.74 Å². The van der Waals surface area contributed by atoms with E-state index in [2.05, 4.69) is 0 Å². The summed E-state index contributed by atoms with van der Waals surface area (Å²) in [5.41, 5.74) is 0.510. The maximum Gasteiger partial charge on any atom is 0.125 e. The van der Waals surface area contributed by atoms with Gasteiger partial charge in [0.05, 0.1) is 6.10 Å². The lowest BCUT2D eigenvalue weighted by atomic mass is 10.1. The smallest absolute Gasteiger partial charge is 0.125 e. The SMILES string of the molecule is COCCCC(O)c1cc(F)cc(Cl)c1. The Morgan fingerprint density at radius 1 is 1.47 bits per heavy atom. The van der Waals surface area contributed by atoms with E-state index in [1.54, 1.807) is 13.2 Å². The van der Waals surface area contributed by atoms with Crippen LogP contribution < -0.4 is 0 Å². The van der Waals surface area contributed by atoms with Crippen molar-refractivity contribution in [1.29, 1.82) is 0 Å². The van der Waals surface area contributed by atoms with E-state index in [-0.39, 0.29) is 0 Å². The maximum atomic E-state index is 13.0. The molecule has 15 heavy (non-hydrogen) atoms. The molecule has 1 unspecified atom stereocenters. The molecule has 1 N–H and O–H groups in total. The highest BCUT2D eigenvalue weighted by atomic mass is 35.5. The van der Waals surface area contributed by atoms with Crippen LogP contribution in [-0.4, -0.2) is 18.8 Å². The third-order valence-electron chi connectivity index (χ3n) is 2.10. The Balaban J connectivity index is 2.60. The van der Waals surface area contributed by atoms with Gasteiger partial charge < -0.3 is 9.84 Å². The molecular formula is C11H14ClFO2. The van der Waals surface area contributed by atoms with Crippen molar-refractivity contribution in [2.24, 2.45) is 0 Å². The monoisotopic (exact) mass is 232 g/mol. The summed E-state index contributed by atoms with van der Waals surface area (Å²) in [6.45, 7) is 0.583.